The monoisotopic (exact) mass is 298 g/mol. The molecule has 0 spiro atoms. The number of nitrogens with one attached hydrogen (secondary N) is 1. The summed E-state index contributed by atoms with van der Waals surface area (Å²) in [6, 6.07) is 6.07. The fourth-order valence-electron chi connectivity index (χ4n) is 2.62. The number of hydrogen-bond donors (Lipinski definition) is 2. The van der Waals surface area contributed by atoms with E-state index in [-0.39, 0.29) is 30.3 Å². The van der Waals surface area contributed by atoms with Crippen molar-refractivity contribution in [2.75, 3.05) is 19.5 Å². The predicted octanol–water partition coefficient (Wildman–Crippen LogP) is 2.47. The molecule has 0 radical (unpaired) electrons. The second-order valence-corrected chi connectivity index (χ2v) is 5.27. The zero-order valence-corrected chi connectivity index (χ0v) is 12.8. The maximum atomic E-state index is 12.1. The second-order valence-electron chi connectivity index (χ2n) is 5.27. The number of ether oxygens (including phenoxy) is 1. The summed E-state index contributed by atoms with van der Waals surface area (Å²) in [5.74, 6) is -0.0688. The number of nitrogen functional groups attached to an aromatic ring is 1. The van der Waals surface area contributed by atoms with Crippen LogP contribution in [0.3, 0.4) is 0 Å². The first-order valence-corrected chi connectivity index (χ1v) is 6.79. The van der Waals surface area contributed by atoms with Gasteiger partial charge in [-0.1, -0.05) is 13.0 Å². The summed E-state index contributed by atoms with van der Waals surface area (Å²) in [6.45, 7) is 2.33. The van der Waals surface area contributed by atoms with Crippen molar-refractivity contribution in [3.8, 4) is 0 Å². The van der Waals surface area contributed by atoms with Gasteiger partial charge in [-0.05, 0) is 42.5 Å². The van der Waals surface area contributed by atoms with Crippen LogP contribution >= 0.6 is 12.4 Å². The minimum absolute atomic E-state index is 0. The Labute approximate surface area is 126 Å². The zero-order valence-electron chi connectivity index (χ0n) is 12.0. The van der Waals surface area contributed by atoms with Crippen LogP contribution in [-0.2, 0) is 16.0 Å². The smallest absolute Gasteiger partial charge is 0.225 e. The molecular formula is C15H23ClN2O2. The van der Waals surface area contributed by atoms with E-state index in [4.69, 9.17) is 10.5 Å². The summed E-state index contributed by atoms with van der Waals surface area (Å²) in [7, 11) is 1.61. The van der Waals surface area contributed by atoms with Crippen LogP contribution in [0, 0.1) is 5.92 Å². The minimum atomic E-state index is -0.121. The van der Waals surface area contributed by atoms with Gasteiger partial charge in [-0.15, -0.1) is 12.4 Å². The molecule has 0 fully saturated rings. The molecule has 5 heteroatoms. The molecule has 0 aromatic heterocycles. The van der Waals surface area contributed by atoms with Gasteiger partial charge in [-0.2, -0.15) is 0 Å². The minimum Gasteiger partial charge on any atom is -0.399 e. The topological polar surface area (TPSA) is 64.3 Å². The van der Waals surface area contributed by atoms with Gasteiger partial charge >= 0.3 is 0 Å². The lowest BCUT2D eigenvalue weighted by Gasteiger charge is -2.27. The van der Waals surface area contributed by atoms with Gasteiger partial charge in [0, 0.05) is 12.8 Å². The standard InChI is InChI=1S/C15H22N2O2.ClH/c1-10(9-19-2)15(18)17-14-5-3-4-11-8-12(16)6-7-13(11)14;/h6-8,10,14H,3-5,9,16H2,1-2H3,(H,17,18);1H. The number of rotatable bonds is 4. The zero-order chi connectivity index (χ0) is 13.8. The second kappa shape index (κ2) is 7.50. The van der Waals surface area contributed by atoms with E-state index in [9.17, 15) is 4.79 Å². The summed E-state index contributed by atoms with van der Waals surface area (Å²) in [5.41, 5.74) is 9.07. The van der Waals surface area contributed by atoms with E-state index in [1.54, 1.807) is 7.11 Å². The molecule has 112 valence electrons. The number of anilines is 1. The molecule has 1 aliphatic carbocycles. The van der Waals surface area contributed by atoms with Gasteiger partial charge in [0.15, 0.2) is 0 Å². The molecular weight excluding hydrogens is 276 g/mol. The molecule has 4 nitrogen and oxygen atoms in total. The highest BCUT2D eigenvalue weighted by atomic mass is 35.5. The molecule has 20 heavy (non-hydrogen) atoms. The quantitative estimate of drug-likeness (QED) is 0.839. The Kier molecular flexibility index (Phi) is 6.30. The molecule has 2 unspecified atom stereocenters. The van der Waals surface area contributed by atoms with Gasteiger partial charge in [0.05, 0.1) is 18.6 Å². The Hall–Kier alpha value is -1.26. The maximum absolute atomic E-state index is 12.1. The first kappa shape index (κ1) is 16.8. The van der Waals surface area contributed by atoms with Crippen LogP contribution < -0.4 is 11.1 Å². The number of hydrogen-bond acceptors (Lipinski definition) is 3. The number of aryl methyl sites for hydroxylation is 1. The Balaban J connectivity index is 0.00000200. The van der Waals surface area contributed by atoms with Crippen molar-refractivity contribution in [1.29, 1.82) is 0 Å². The average Bonchev–Trinajstić information content (AvgIpc) is 2.38. The Morgan fingerprint density at radius 3 is 3.00 bits per heavy atom. The highest BCUT2D eigenvalue weighted by Crippen LogP contribution is 2.31. The molecule has 0 aliphatic heterocycles. The molecule has 1 amide bonds. The average molecular weight is 299 g/mol. The number of nitrogens with two attached hydrogens (primary N) is 1. The van der Waals surface area contributed by atoms with Gasteiger partial charge in [-0.25, -0.2) is 0 Å². The van der Waals surface area contributed by atoms with Crippen molar-refractivity contribution in [3.63, 3.8) is 0 Å². The van der Waals surface area contributed by atoms with E-state index in [1.807, 2.05) is 25.1 Å². The van der Waals surface area contributed by atoms with Crippen LogP contribution in [0.15, 0.2) is 18.2 Å². The van der Waals surface area contributed by atoms with Crippen molar-refractivity contribution in [1.82, 2.24) is 5.32 Å². The van der Waals surface area contributed by atoms with Crippen molar-refractivity contribution >= 4 is 24.0 Å². The van der Waals surface area contributed by atoms with Crippen LogP contribution in [0.4, 0.5) is 5.69 Å². The summed E-state index contributed by atoms with van der Waals surface area (Å²) in [4.78, 5) is 12.1. The number of methoxy groups -OCH3 is 1. The van der Waals surface area contributed by atoms with E-state index in [0.29, 0.717) is 6.61 Å². The van der Waals surface area contributed by atoms with Crippen molar-refractivity contribution < 1.29 is 9.53 Å². The molecule has 3 N–H and O–H groups in total. The first-order valence-electron chi connectivity index (χ1n) is 6.79. The van der Waals surface area contributed by atoms with Gasteiger partial charge in [0.1, 0.15) is 0 Å². The summed E-state index contributed by atoms with van der Waals surface area (Å²) in [6.07, 6.45) is 3.11. The number of carbonyl (C=O) groups is 1. The van der Waals surface area contributed by atoms with Crippen molar-refractivity contribution in [3.05, 3.63) is 29.3 Å². The summed E-state index contributed by atoms with van der Waals surface area (Å²) >= 11 is 0. The number of amides is 1. The fraction of sp³-hybridized carbons (Fsp3) is 0.533. The van der Waals surface area contributed by atoms with Gasteiger partial charge in [-0.3, -0.25) is 4.79 Å². The Morgan fingerprint density at radius 1 is 1.55 bits per heavy atom. The predicted molar refractivity (Wildman–Crippen MR) is 83.0 cm³/mol. The lowest BCUT2D eigenvalue weighted by atomic mass is 9.87. The summed E-state index contributed by atoms with van der Waals surface area (Å²) in [5, 5.41) is 3.12. The molecule has 0 heterocycles. The number of benzene rings is 1. The third-order valence-corrected chi connectivity index (χ3v) is 3.66. The van der Waals surface area contributed by atoms with Crippen molar-refractivity contribution in [2.24, 2.45) is 5.92 Å². The lowest BCUT2D eigenvalue weighted by molar-refractivity contribution is -0.126. The van der Waals surface area contributed by atoms with E-state index in [0.717, 1.165) is 24.9 Å². The molecule has 0 bridgehead atoms. The van der Waals surface area contributed by atoms with E-state index in [2.05, 4.69) is 5.32 Å². The fourth-order valence-corrected chi connectivity index (χ4v) is 2.62. The third kappa shape index (κ3) is 3.87. The molecule has 0 saturated carbocycles. The van der Waals surface area contributed by atoms with Gasteiger partial charge in [0.25, 0.3) is 0 Å². The van der Waals surface area contributed by atoms with Crippen LogP contribution in [0.25, 0.3) is 0 Å². The summed E-state index contributed by atoms with van der Waals surface area (Å²) < 4.78 is 5.02. The third-order valence-electron chi connectivity index (χ3n) is 3.66. The maximum Gasteiger partial charge on any atom is 0.225 e. The number of carbonyl (C=O) groups excluding carboxylic acids is 1. The SMILES string of the molecule is COCC(C)C(=O)NC1CCCc2cc(N)ccc21.Cl. The Morgan fingerprint density at radius 2 is 2.30 bits per heavy atom. The van der Waals surface area contributed by atoms with Crippen LogP contribution in [0.1, 0.15) is 36.9 Å². The number of halogens is 1. The van der Waals surface area contributed by atoms with Crippen LogP contribution in [0.2, 0.25) is 0 Å². The molecule has 0 saturated heterocycles. The first-order chi connectivity index (χ1) is 9.11. The highest BCUT2D eigenvalue weighted by molar-refractivity contribution is 5.85. The largest absolute Gasteiger partial charge is 0.399 e. The molecule has 2 rings (SSSR count). The molecule has 1 aromatic carbocycles. The highest BCUT2D eigenvalue weighted by Gasteiger charge is 2.23. The lowest BCUT2D eigenvalue weighted by Crippen LogP contribution is -2.36. The molecule has 1 aliphatic rings. The van der Waals surface area contributed by atoms with E-state index < -0.39 is 0 Å². The van der Waals surface area contributed by atoms with Gasteiger partial charge < -0.3 is 15.8 Å². The van der Waals surface area contributed by atoms with Crippen LogP contribution in [0.5, 0.6) is 0 Å². The number of fused-ring (bicyclic) bond motifs is 1. The molecule has 1 aromatic rings. The van der Waals surface area contributed by atoms with Crippen molar-refractivity contribution in [2.45, 2.75) is 32.2 Å². The van der Waals surface area contributed by atoms with Crippen LogP contribution in [-0.4, -0.2) is 19.6 Å². The Bertz CT molecular complexity index is 465. The normalized spacial score (nSPS) is 18.6. The van der Waals surface area contributed by atoms with E-state index in [1.165, 1.54) is 11.1 Å². The van der Waals surface area contributed by atoms with E-state index >= 15 is 0 Å². The molecule has 2 atom stereocenters. The van der Waals surface area contributed by atoms with Gasteiger partial charge in [0.2, 0.25) is 5.91 Å².